The predicted molar refractivity (Wildman–Crippen MR) is 123 cm³/mol. The molecule has 3 aliphatic heterocycles. The number of esters is 1. The Morgan fingerprint density at radius 3 is 2.57 bits per heavy atom. The number of amides is 2. The van der Waals surface area contributed by atoms with Crippen LogP contribution in [-0.4, -0.2) is 43.1 Å². The van der Waals surface area contributed by atoms with Gasteiger partial charge in [-0.2, -0.15) is 0 Å². The van der Waals surface area contributed by atoms with Crippen molar-refractivity contribution in [2.45, 2.75) is 38.3 Å². The Labute approximate surface area is 202 Å². The number of imide groups is 1. The molecule has 0 aliphatic carbocycles. The van der Waals surface area contributed by atoms with Gasteiger partial charge < -0.3 is 14.2 Å². The number of fused-ring (bicyclic) bond motifs is 2. The number of benzene rings is 2. The van der Waals surface area contributed by atoms with Crippen LogP contribution in [0.25, 0.3) is 0 Å². The first-order chi connectivity index (χ1) is 16.9. The highest BCUT2D eigenvalue weighted by atomic mass is 19.1. The maximum Gasteiger partial charge on any atom is 0.327 e. The zero-order valence-electron chi connectivity index (χ0n) is 19.6. The van der Waals surface area contributed by atoms with Crippen LogP contribution in [0.5, 0.6) is 11.5 Å². The number of carbonyl (C=O) groups is 3. The van der Waals surface area contributed by atoms with Crippen LogP contribution in [0, 0.1) is 17.7 Å². The summed E-state index contributed by atoms with van der Waals surface area (Å²) < 4.78 is 31.5. The summed E-state index contributed by atoms with van der Waals surface area (Å²) in [6.07, 6.45) is 0.802. The Morgan fingerprint density at radius 1 is 1.11 bits per heavy atom. The SMILES string of the molecule is CCC[C@]1(C(=O)OCC)N[C@@H](c2ccccc2F)[C@H]2C(=O)N(c3ccc4c(c3)OCCO4)C(=O)[C@@H]21. The van der Waals surface area contributed by atoms with Crippen molar-refractivity contribution in [3.63, 3.8) is 0 Å². The van der Waals surface area contributed by atoms with E-state index in [0.29, 0.717) is 36.8 Å². The van der Waals surface area contributed by atoms with Crippen LogP contribution in [0.4, 0.5) is 10.1 Å². The van der Waals surface area contributed by atoms with E-state index in [1.54, 1.807) is 43.3 Å². The third kappa shape index (κ3) is 3.56. The predicted octanol–water partition coefficient (Wildman–Crippen LogP) is 3.15. The Bertz CT molecular complexity index is 1190. The van der Waals surface area contributed by atoms with Crippen LogP contribution in [0.3, 0.4) is 0 Å². The molecule has 5 rings (SSSR count). The van der Waals surface area contributed by atoms with E-state index in [4.69, 9.17) is 14.2 Å². The smallest absolute Gasteiger partial charge is 0.327 e. The maximum atomic E-state index is 14.9. The number of rotatable bonds is 6. The highest BCUT2D eigenvalue weighted by Gasteiger charge is 2.68. The van der Waals surface area contributed by atoms with Crippen LogP contribution in [0.2, 0.25) is 0 Å². The van der Waals surface area contributed by atoms with Gasteiger partial charge in [-0.05, 0) is 31.5 Å². The molecule has 2 aromatic rings. The van der Waals surface area contributed by atoms with E-state index in [-0.39, 0.29) is 18.6 Å². The van der Waals surface area contributed by atoms with Gasteiger partial charge in [0.1, 0.15) is 24.6 Å². The number of nitrogens with zero attached hydrogens (tertiary/aromatic N) is 1. The number of hydrogen-bond donors (Lipinski definition) is 1. The second kappa shape index (κ2) is 8.96. The number of nitrogens with one attached hydrogen (secondary N) is 1. The molecule has 0 saturated carbocycles. The normalized spacial score (nSPS) is 27.2. The average Bonchev–Trinajstić information content (AvgIpc) is 3.33. The molecule has 0 aromatic heterocycles. The molecule has 184 valence electrons. The monoisotopic (exact) mass is 482 g/mol. The lowest BCUT2D eigenvalue weighted by atomic mass is 9.77. The van der Waals surface area contributed by atoms with Crippen molar-refractivity contribution in [1.29, 1.82) is 0 Å². The van der Waals surface area contributed by atoms with Gasteiger partial charge in [0.05, 0.1) is 24.1 Å². The van der Waals surface area contributed by atoms with E-state index < -0.39 is 47.0 Å². The minimum atomic E-state index is -1.46. The van der Waals surface area contributed by atoms with E-state index in [0.717, 1.165) is 4.90 Å². The average molecular weight is 483 g/mol. The van der Waals surface area contributed by atoms with Crippen LogP contribution >= 0.6 is 0 Å². The first kappa shape index (κ1) is 23.3. The second-order valence-electron chi connectivity index (χ2n) is 8.93. The Balaban J connectivity index is 1.63. The van der Waals surface area contributed by atoms with Gasteiger partial charge in [-0.25, -0.2) is 9.29 Å². The van der Waals surface area contributed by atoms with Crippen LogP contribution in [-0.2, 0) is 19.1 Å². The zero-order chi connectivity index (χ0) is 24.7. The molecule has 2 saturated heterocycles. The number of hydrogen-bond acceptors (Lipinski definition) is 7. The Kier molecular flexibility index (Phi) is 5.96. The standard InChI is InChI=1S/C26H27FN2O6/c1-3-11-26(25(32)33-4-2)21-20(22(28-26)16-7-5-6-8-17(16)27)23(30)29(24(21)31)15-9-10-18-19(14-15)35-13-12-34-18/h5-10,14,20-22,28H,3-4,11-13H2,1-2H3/t20-,21+,22-,26-/m0/s1. The van der Waals surface area contributed by atoms with Gasteiger partial charge in [0.2, 0.25) is 11.8 Å². The van der Waals surface area contributed by atoms with Crippen molar-refractivity contribution in [3.8, 4) is 11.5 Å². The lowest BCUT2D eigenvalue weighted by molar-refractivity contribution is -0.155. The quantitative estimate of drug-likeness (QED) is 0.499. The lowest BCUT2D eigenvalue weighted by Gasteiger charge is -2.32. The van der Waals surface area contributed by atoms with Gasteiger partial charge in [0.25, 0.3) is 0 Å². The summed E-state index contributed by atoms with van der Waals surface area (Å²) in [5.74, 6) is -3.23. The summed E-state index contributed by atoms with van der Waals surface area (Å²) >= 11 is 0. The number of carbonyl (C=O) groups excluding carboxylic acids is 3. The third-order valence-corrected chi connectivity index (χ3v) is 6.96. The fraction of sp³-hybridized carbons (Fsp3) is 0.423. The molecule has 2 aromatic carbocycles. The van der Waals surface area contributed by atoms with Gasteiger partial charge in [0, 0.05) is 17.7 Å². The molecular weight excluding hydrogens is 455 g/mol. The summed E-state index contributed by atoms with van der Waals surface area (Å²) in [6, 6.07) is 10.1. The lowest BCUT2D eigenvalue weighted by Crippen LogP contribution is -2.56. The van der Waals surface area contributed by atoms with Gasteiger partial charge >= 0.3 is 5.97 Å². The molecule has 3 heterocycles. The van der Waals surface area contributed by atoms with E-state index in [1.165, 1.54) is 6.07 Å². The van der Waals surface area contributed by atoms with Crippen molar-refractivity contribution in [2.75, 3.05) is 24.7 Å². The highest BCUT2D eigenvalue weighted by molar-refractivity contribution is 6.24. The molecule has 0 bridgehead atoms. The molecule has 0 spiro atoms. The van der Waals surface area contributed by atoms with E-state index >= 15 is 0 Å². The summed E-state index contributed by atoms with van der Waals surface area (Å²) in [5, 5.41) is 3.20. The van der Waals surface area contributed by atoms with E-state index in [1.807, 2.05) is 6.92 Å². The molecule has 8 nitrogen and oxygen atoms in total. The van der Waals surface area contributed by atoms with Gasteiger partial charge in [-0.15, -0.1) is 0 Å². The summed E-state index contributed by atoms with van der Waals surface area (Å²) in [5.41, 5.74) is -0.910. The minimum Gasteiger partial charge on any atom is -0.486 e. The molecule has 0 unspecified atom stereocenters. The molecular formula is C26H27FN2O6. The minimum absolute atomic E-state index is 0.113. The second-order valence-corrected chi connectivity index (χ2v) is 8.93. The first-order valence-electron chi connectivity index (χ1n) is 11.9. The number of ether oxygens (including phenoxy) is 3. The van der Waals surface area contributed by atoms with E-state index in [2.05, 4.69) is 5.32 Å². The topological polar surface area (TPSA) is 94.2 Å². The molecule has 0 radical (unpaired) electrons. The maximum absolute atomic E-state index is 14.9. The number of anilines is 1. The summed E-state index contributed by atoms with van der Waals surface area (Å²) in [6.45, 7) is 4.44. The van der Waals surface area contributed by atoms with Crippen molar-refractivity contribution < 1.29 is 33.0 Å². The van der Waals surface area contributed by atoms with Gasteiger partial charge in [0.15, 0.2) is 11.5 Å². The van der Waals surface area contributed by atoms with Gasteiger partial charge in [-0.3, -0.25) is 19.7 Å². The highest BCUT2D eigenvalue weighted by Crippen LogP contribution is 2.52. The molecule has 4 atom stereocenters. The van der Waals surface area contributed by atoms with Crippen LogP contribution < -0.4 is 19.7 Å². The zero-order valence-corrected chi connectivity index (χ0v) is 19.6. The number of halogens is 1. The first-order valence-corrected chi connectivity index (χ1v) is 11.9. The van der Waals surface area contributed by atoms with E-state index in [9.17, 15) is 18.8 Å². The molecule has 2 fully saturated rings. The fourth-order valence-corrected chi connectivity index (χ4v) is 5.60. The van der Waals surface area contributed by atoms with Crippen molar-refractivity contribution in [1.82, 2.24) is 5.32 Å². The van der Waals surface area contributed by atoms with Crippen LogP contribution in [0.1, 0.15) is 38.3 Å². The molecule has 35 heavy (non-hydrogen) atoms. The summed E-state index contributed by atoms with van der Waals surface area (Å²) in [7, 11) is 0. The molecule has 3 aliphatic rings. The van der Waals surface area contributed by atoms with Crippen molar-refractivity contribution >= 4 is 23.5 Å². The fourth-order valence-electron chi connectivity index (χ4n) is 5.60. The third-order valence-electron chi connectivity index (χ3n) is 6.96. The Hall–Kier alpha value is -3.46. The molecule has 2 amide bonds. The summed E-state index contributed by atoms with van der Waals surface area (Å²) in [4.78, 5) is 42.2. The van der Waals surface area contributed by atoms with Crippen LogP contribution in [0.15, 0.2) is 42.5 Å². The Morgan fingerprint density at radius 2 is 1.86 bits per heavy atom. The van der Waals surface area contributed by atoms with Crippen molar-refractivity contribution in [2.24, 2.45) is 11.8 Å². The molecule has 1 N–H and O–H groups in total. The molecule has 9 heteroatoms. The van der Waals surface area contributed by atoms with Gasteiger partial charge in [-0.1, -0.05) is 31.5 Å². The largest absolute Gasteiger partial charge is 0.486 e. The van der Waals surface area contributed by atoms with Crippen molar-refractivity contribution in [3.05, 3.63) is 53.8 Å².